The van der Waals surface area contributed by atoms with Crippen LogP contribution in [-0.4, -0.2) is 36.9 Å². The van der Waals surface area contributed by atoms with Crippen LogP contribution in [0.25, 0.3) is 0 Å². The van der Waals surface area contributed by atoms with E-state index in [0.29, 0.717) is 25.9 Å². The Hall–Kier alpha value is -2.57. The molecule has 0 aliphatic heterocycles. The Labute approximate surface area is 166 Å². The van der Waals surface area contributed by atoms with E-state index in [1.165, 1.54) is 11.1 Å². The molecule has 0 unspecified atom stereocenters. The topological polar surface area (TPSA) is 123 Å². The number of carbonyl (C=O) groups is 2. The van der Waals surface area contributed by atoms with Gasteiger partial charge in [-0.1, -0.05) is 37.1 Å². The predicted octanol–water partition coefficient (Wildman–Crippen LogP) is 1.00. The van der Waals surface area contributed by atoms with Gasteiger partial charge in [-0.25, -0.2) is 0 Å². The maximum atomic E-state index is 13.1. The number of nitrogens with zero attached hydrogens (tertiary/aromatic N) is 1. The van der Waals surface area contributed by atoms with Gasteiger partial charge in [-0.2, -0.15) is 0 Å². The molecule has 6 N–H and O–H groups in total. The Morgan fingerprint density at radius 3 is 2.29 bits per heavy atom. The molecule has 7 heteroatoms. The van der Waals surface area contributed by atoms with Crippen LogP contribution in [0.4, 0.5) is 0 Å². The molecule has 1 saturated carbocycles. The van der Waals surface area contributed by atoms with Crippen LogP contribution < -0.4 is 22.1 Å². The van der Waals surface area contributed by atoms with Crippen molar-refractivity contribution in [3.63, 3.8) is 0 Å². The number of amides is 2. The lowest BCUT2D eigenvalue weighted by atomic mass is 9.83. The molecule has 3 rings (SSSR count). The lowest BCUT2D eigenvalue weighted by Gasteiger charge is -2.28. The van der Waals surface area contributed by atoms with Crippen molar-refractivity contribution < 1.29 is 9.59 Å². The van der Waals surface area contributed by atoms with Crippen molar-refractivity contribution in [3.8, 4) is 0 Å². The Kier molecular flexibility index (Phi) is 6.54. The zero-order valence-corrected chi connectivity index (χ0v) is 16.4. The SMILES string of the molecule is NC(N)=NCCCCNC(=O)C1(C(=O)NC2Cc3ccccc3C2)CCCC1. The number of aliphatic imine (C=N–C) groups is 1. The summed E-state index contributed by atoms with van der Waals surface area (Å²) in [6.07, 6.45) is 6.31. The first kappa shape index (κ1) is 20.2. The molecule has 1 fully saturated rings. The van der Waals surface area contributed by atoms with E-state index in [1.807, 2.05) is 12.1 Å². The van der Waals surface area contributed by atoms with Gasteiger partial charge in [0.15, 0.2) is 5.96 Å². The molecule has 0 bridgehead atoms. The van der Waals surface area contributed by atoms with Crippen molar-refractivity contribution >= 4 is 17.8 Å². The number of fused-ring (bicyclic) bond motifs is 1. The number of nitrogens with one attached hydrogen (secondary N) is 2. The highest BCUT2D eigenvalue weighted by atomic mass is 16.2. The number of benzene rings is 1. The summed E-state index contributed by atoms with van der Waals surface area (Å²) in [4.78, 5) is 29.9. The van der Waals surface area contributed by atoms with Gasteiger partial charge in [0.05, 0.1) is 0 Å². The van der Waals surface area contributed by atoms with Gasteiger partial charge in [-0.05, 0) is 49.7 Å². The molecule has 0 spiro atoms. The summed E-state index contributed by atoms with van der Waals surface area (Å²) in [5.74, 6) is -0.166. The third-order valence-electron chi connectivity index (χ3n) is 5.88. The van der Waals surface area contributed by atoms with Crippen molar-refractivity contribution in [2.45, 2.75) is 57.4 Å². The average Bonchev–Trinajstić information content (AvgIpc) is 3.31. The quantitative estimate of drug-likeness (QED) is 0.231. The average molecular weight is 386 g/mol. The first-order chi connectivity index (χ1) is 13.5. The van der Waals surface area contributed by atoms with Crippen LogP contribution in [0.3, 0.4) is 0 Å². The van der Waals surface area contributed by atoms with E-state index in [9.17, 15) is 9.59 Å². The van der Waals surface area contributed by atoms with Crippen LogP contribution in [0.5, 0.6) is 0 Å². The van der Waals surface area contributed by atoms with Gasteiger partial charge < -0.3 is 22.1 Å². The summed E-state index contributed by atoms with van der Waals surface area (Å²) in [6, 6.07) is 8.36. The van der Waals surface area contributed by atoms with E-state index in [-0.39, 0.29) is 23.8 Å². The minimum absolute atomic E-state index is 0.0785. The zero-order valence-electron chi connectivity index (χ0n) is 16.4. The number of unbranched alkanes of at least 4 members (excludes halogenated alkanes) is 1. The number of carbonyl (C=O) groups excluding carboxylic acids is 2. The fraction of sp³-hybridized carbons (Fsp3) is 0.571. The third kappa shape index (κ3) is 4.64. The van der Waals surface area contributed by atoms with Crippen LogP contribution in [0, 0.1) is 5.41 Å². The molecular formula is C21H31N5O2. The largest absolute Gasteiger partial charge is 0.370 e. The number of guanidine groups is 1. The molecule has 7 nitrogen and oxygen atoms in total. The standard InChI is InChI=1S/C21H31N5O2/c22-20(23)25-12-6-5-11-24-18(27)21(9-3-4-10-21)19(28)26-17-13-15-7-1-2-8-16(15)14-17/h1-2,7-8,17H,3-6,9-14H2,(H,24,27)(H,26,28)(H4,22,23,25). The highest BCUT2D eigenvalue weighted by Crippen LogP contribution is 2.39. The molecule has 0 atom stereocenters. The van der Waals surface area contributed by atoms with Gasteiger partial charge in [0.25, 0.3) is 0 Å². The van der Waals surface area contributed by atoms with E-state index < -0.39 is 5.41 Å². The van der Waals surface area contributed by atoms with Gasteiger partial charge in [-0.3, -0.25) is 14.6 Å². The van der Waals surface area contributed by atoms with Crippen LogP contribution in [0.15, 0.2) is 29.3 Å². The molecule has 0 saturated heterocycles. The first-order valence-electron chi connectivity index (χ1n) is 10.2. The Morgan fingerprint density at radius 1 is 1.04 bits per heavy atom. The lowest BCUT2D eigenvalue weighted by Crippen LogP contribution is -2.52. The summed E-state index contributed by atoms with van der Waals surface area (Å²) in [5.41, 5.74) is 12.3. The van der Waals surface area contributed by atoms with Crippen molar-refractivity contribution in [2.75, 3.05) is 13.1 Å². The van der Waals surface area contributed by atoms with Gasteiger partial charge in [0.2, 0.25) is 11.8 Å². The summed E-state index contributed by atoms with van der Waals surface area (Å²) in [6.45, 7) is 1.08. The van der Waals surface area contributed by atoms with E-state index in [0.717, 1.165) is 38.5 Å². The van der Waals surface area contributed by atoms with Gasteiger partial charge in [-0.15, -0.1) is 0 Å². The first-order valence-corrected chi connectivity index (χ1v) is 10.2. The molecule has 0 heterocycles. The fourth-order valence-corrected chi connectivity index (χ4v) is 4.34. The minimum Gasteiger partial charge on any atom is -0.370 e. The summed E-state index contributed by atoms with van der Waals surface area (Å²) < 4.78 is 0. The van der Waals surface area contributed by atoms with Crippen LogP contribution in [0.2, 0.25) is 0 Å². The van der Waals surface area contributed by atoms with E-state index in [1.54, 1.807) is 0 Å². The van der Waals surface area contributed by atoms with E-state index in [2.05, 4.69) is 27.8 Å². The molecule has 2 aliphatic rings. The molecule has 0 aromatic heterocycles. The molecule has 1 aromatic rings. The Balaban J connectivity index is 1.52. The zero-order chi connectivity index (χ0) is 20.0. The molecule has 2 amide bonds. The molecule has 2 aliphatic carbocycles. The Bertz CT molecular complexity index is 711. The van der Waals surface area contributed by atoms with Gasteiger partial charge >= 0.3 is 0 Å². The van der Waals surface area contributed by atoms with Crippen molar-refractivity contribution in [3.05, 3.63) is 35.4 Å². The number of hydrogen-bond donors (Lipinski definition) is 4. The van der Waals surface area contributed by atoms with Crippen LogP contribution in [0.1, 0.15) is 49.7 Å². The second-order valence-electron chi connectivity index (χ2n) is 7.91. The second kappa shape index (κ2) is 9.08. The second-order valence-corrected chi connectivity index (χ2v) is 7.91. The molecule has 0 radical (unpaired) electrons. The Morgan fingerprint density at radius 2 is 1.68 bits per heavy atom. The number of hydrogen-bond acceptors (Lipinski definition) is 3. The highest BCUT2D eigenvalue weighted by Gasteiger charge is 2.48. The number of nitrogens with two attached hydrogens (primary N) is 2. The lowest BCUT2D eigenvalue weighted by molar-refractivity contribution is -0.143. The minimum atomic E-state index is -0.922. The van der Waals surface area contributed by atoms with E-state index >= 15 is 0 Å². The van der Waals surface area contributed by atoms with Crippen molar-refractivity contribution in [1.82, 2.24) is 10.6 Å². The number of rotatable bonds is 8. The van der Waals surface area contributed by atoms with E-state index in [4.69, 9.17) is 11.5 Å². The maximum Gasteiger partial charge on any atom is 0.235 e. The van der Waals surface area contributed by atoms with Crippen molar-refractivity contribution in [2.24, 2.45) is 21.9 Å². The molecule has 152 valence electrons. The summed E-state index contributed by atoms with van der Waals surface area (Å²) in [7, 11) is 0. The predicted molar refractivity (Wildman–Crippen MR) is 110 cm³/mol. The third-order valence-corrected chi connectivity index (χ3v) is 5.88. The van der Waals surface area contributed by atoms with Gasteiger partial charge in [0.1, 0.15) is 5.41 Å². The van der Waals surface area contributed by atoms with Crippen molar-refractivity contribution in [1.29, 1.82) is 0 Å². The molecule has 28 heavy (non-hydrogen) atoms. The monoisotopic (exact) mass is 385 g/mol. The van der Waals surface area contributed by atoms with Crippen LogP contribution in [-0.2, 0) is 22.4 Å². The summed E-state index contributed by atoms with van der Waals surface area (Å²) >= 11 is 0. The molecular weight excluding hydrogens is 354 g/mol. The fourth-order valence-electron chi connectivity index (χ4n) is 4.34. The maximum absolute atomic E-state index is 13.1. The highest BCUT2D eigenvalue weighted by molar-refractivity contribution is 6.05. The van der Waals surface area contributed by atoms with Crippen LogP contribution >= 0.6 is 0 Å². The smallest absolute Gasteiger partial charge is 0.235 e. The normalized spacial score (nSPS) is 17.7. The summed E-state index contributed by atoms with van der Waals surface area (Å²) in [5, 5.41) is 6.13. The molecule has 1 aromatic carbocycles. The van der Waals surface area contributed by atoms with Gasteiger partial charge in [0, 0.05) is 19.1 Å².